The molecule has 0 spiro atoms. The molecule has 1 aromatic carbocycles. The highest BCUT2D eigenvalue weighted by atomic mass is 35.5. The molecular weight excluding hydrogens is 214 g/mol. The van der Waals surface area contributed by atoms with E-state index in [4.69, 9.17) is 21.1 Å². The monoisotopic (exact) mass is 227 g/mol. The summed E-state index contributed by atoms with van der Waals surface area (Å²) >= 11 is 5.89. The van der Waals surface area contributed by atoms with Gasteiger partial charge in [-0.25, -0.2) is 0 Å². The number of nitrogens with one attached hydrogen (secondary N) is 1. The van der Waals surface area contributed by atoms with Crippen LogP contribution in [0.15, 0.2) is 18.2 Å². The lowest BCUT2D eigenvalue weighted by atomic mass is 10.1. The van der Waals surface area contributed by atoms with Crippen LogP contribution in [0.1, 0.15) is 5.56 Å². The van der Waals surface area contributed by atoms with Crippen LogP contribution in [0, 0.1) is 0 Å². The van der Waals surface area contributed by atoms with E-state index in [-0.39, 0.29) is 6.10 Å². The van der Waals surface area contributed by atoms with Gasteiger partial charge in [0.2, 0.25) is 0 Å². The second kappa shape index (κ2) is 4.84. The summed E-state index contributed by atoms with van der Waals surface area (Å²) in [5.74, 6) is 0.831. The first-order chi connectivity index (χ1) is 7.29. The fraction of sp³-hybridized carbons (Fsp3) is 0.455. The zero-order chi connectivity index (χ0) is 10.7. The van der Waals surface area contributed by atoms with E-state index in [1.54, 1.807) is 7.11 Å². The van der Waals surface area contributed by atoms with Crippen molar-refractivity contribution in [3.63, 3.8) is 0 Å². The molecule has 0 radical (unpaired) electrons. The fourth-order valence-corrected chi connectivity index (χ4v) is 1.88. The summed E-state index contributed by atoms with van der Waals surface area (Å²) in [5.41, 5.74) is 1.13. The minimum atomic E-state index is 0.236. The second-order valence-corrected chi connectivity index (χ2v) is 3.98. The minimum Gasteiger partial charge on any atom is -0.496 e. The summed E-state index contributed by atoms with van der Waals surface area (Å²) in [5, 5.41) is 3.85. The molecule has 1 heterocycles. The van der Waals surface area contributed by atoms with Crippen LogP contribution in [0.5, 0.6) is 5.75 Å². The van der Waals surface area contributed by atoms with E-state index in [9.17, 15) is 0 Å². The van der Waals surface area contributed by atoms with Crippen LogP contribution >= 0.6 is 11.6 Å². The summed E-state index contributed by atoms with van der Waals surface area (Å²) < 4.78 is 10.8. The third-order valence-electron chi connectivity index (χ3n) is 2.49. The van der Waals surface area contributed by atoms with Crippen molar-refractivity contribution in [2.24, 2.45) is 0 Å². The molecule has 4 heteroatoms. The molecule has 0 aliphatic carbocycles. The Labute approximate surface area is 94.3 Å². The molecule has 82 valence electrons. The van der Waals surface area contributed by atoms with Crippen molar-refractivity contribution in [2.75, 3.05) is 20.4 Å². The predicted molar refractivity (Wildman–Crippen MR) is 59.5 cm³/mol. The Morgan fingerprint density at radius 3 is 3.13 bits per heavy atom. The molecule has 1 aromatic rings. The third-order valence-corrected chi connectivity index (χ3v) is 2.72. The van der Waals surface area contributed by atoms with Gasteiger partial charge in [0.15, 0.2) is 0 Å². The molecule has 0 bridgehead atoms. The standard InChI is InChI=1S/C11H14ClNO2/c1-14-11-5-9(12)3-2-8(11)4-10-6-13-7-15-10/h2-3,5,10,13H,4,6-7H2,1H3. The average molecular weight is 228 g/mol. The van der Waals surface area contributed by atoms with E-state index in [0.29, 0.717) is 11.8 Å². The quantitative estimate of drug-likeness (QED) is 0.855. The highest BCUT2D eigenvalue weighted by Crippen LogP contribution is 2.25. The summed E-state index contributed by atoms with van der Waals surface area (Å²) in [7, 11) is 1.66. The van der Waals surface area contributed by atoms with Gasteiger partial charge in [0.1, 0.15) is 5.75 Å². The van der Waals surface area contributed by atoms with Crippen LogP contribution in [-0.2, 0) is 11.2 Å². The first-order valence-electron chi connectivity index (χ1n) is 4.94. The maximum Gasteiger partial charge on any atom is 0.123 e. The smallest absolute Gasteiger partial charge is 0.123 e. The zero-order valence-electron chi connectivity index (χ0n) is 8.63. The number of methoxy groups -OCH3 is 1. The van der Waals surface area contributed by atoms with E-state index in [1.807, 2.05) is 18.2 Å². The van der Waals surface area contributed by atoms with Gasteiger partial charge in [-0.2, -0.15) is 0 Å². The van der Waals surface area contributed by atoms with Crippen molar-refractivity contribution in [1.82, 2.24) is 5.32 Å². The van der Waals surface area contributed by atoms with E-state index in [0.717, 1.165) is 24.3 Å². The zero-order valence-corrected chi connectivity index (χ0v) is 9.38. The summed E-state index contributed by atoms with van der Waals surface area (Å²) in [4.78, 5) is 0. The average Bonchev–Trinajstić information content (AvgIpc) is 2.73. The topological polar surface area (TPSA) is 30.5 Å². The Balaban J connectivity index is 2.12. The molecule has 0 amide bonds. The van der Waals surface area contributed by atoms with Gasteiger partial charge in [-0.1, -0.05) is 17.7 Å². The number of benzene rings is 1. The Morgan fingerprint density at radius 1 is 1.60 bits per heavy atom. The molecule has 0 aromatic heterocycles. The summed E-state index contributed by atoms with van der Waals surface area (Å²) in [6.07, 6.45) is 1.09. The van der Waals surface area contributed by atoms with Crippen molar-refractivity contribution in [3.05, 3.63) is 28.8 Å². The highest BCUT2D eigenvalue weighted by Gasteiger charge is 2.17. The Kier molecular flexibility index (Phi) is 3.46. The van der Waals surface area contributed by atoms with Crippen molar-refractivity contribution in [1.29, 1.82) is 0 Å². The van der Waals surface area contributed by atoms with Gasteiger partial charge >= 0.3 is 0 Å². The second-order valence-electron chi connectivity index (χ2n) is 3.55. The van der Waals surface area contributed by atoms with Crippen LogP contribution < -0.4 is 10.1 Å². The van der Waals surface area contributed by atoms with E-state index in [1.165, 1.54) is 0 Å². The number of halogens is 1. The molecule has 2 rings (SSSR count). The molecule has 1 fully saturated rings. The maximum atomic E-state index is 5.89. The van der Waals surface area contributed by atoms with Crippen LogP contribution in [-0.4, -0.2) is 26.5 Å². The first-order valence-corrected chi connectivity index (χ1v) is 5.32. The van der Waals surface area contributed by atoms with Crippen molar-refractivity contribution >= 4 is 11.6 Å². The lowest BCUT2D eigenvalue weighted by Crippen LogP contribution is -2.16. The highest BCUT2D eigenvalue weighted by molar-refractivity contribution is 6.30. The normalized spacial score (nSPS) is 20.5. The number of ether oxygens (including phenoxy) is 2. The lowest BCUT2D eigenvalue weighted by molar-refractivity contribution is 0.113. The molecule has 1 aliphatic rings. The number of hydrogen-bond donors (Lipinski definition) is 1. The molecule has 0 saturated carbocycles. The molecule has 3 nitrogen and oxygen atoms in total. The van der Waals surface area contributed by atoms with E-state index < -0.39 is 0 Å². The van der Waals surface area contributed by atoms with Gasteiger partial charge in [0, 0.05) is 18.0 Å². The predicted octanol–water partition coefficient (Wildman–Crippen LogP) is 1.84. The SMILES string of the molecule is COc1cc(Cl)ccc1CC1CNCO1. The van der Waals surface area contributed by atoms with Gasteiger partial charge in [-0.05, 0) is 17.7 Å². The van der Waals surface area contributed by atoms with Crippen molar-refractivity contribution in [3.8, 4) is 5.75 Å². The summed E-state index contributed by atoms with van der Waals surface area (Å²) in [6.45, 7) is 1.53. The Bertz CT molecular complexity index is 337. The molecule has 1 saturated heterocycles. The molecule has 1 aliphatic heterocycles. The van der Waals surface area contributed by atoms with Crippen LogP contribution in [0.25, 0.3) is 0 Å². The number of hydrogen-bond acceptors (Lipinski definition) is 3. The minimum absolute atomic E-state index is 0.236. The van der Waals surface area contributed by atoms with Crippen LogP contribution in [0.3, 0.4) is 0 Å². The Hall–Kier alpha value is -0.770. The van der Waals surface area contributed by atoms with Crippen LogP contribution in [0.4, 0.5) is 0 Å². The van der Waals surface area contributed by atoms with Gasteiger partial charge in [0.25, 0.3) is 0 Å². The maximum absolute atomic E-state index is 5.89. The first kappa shape index (κ1) is 10.7. The van der Waals surface area contributed by atoms with E-state index in [2.05, 4.69) is 5.32 Å². The van der Waals surface area contributed by atoms with Gasteiger partial charge in [-0.15, -0.1) is 0 Å². The molecule has 1 N–H and O–H groups in total. The van der Waals surface area contributed by atoms with Gasteiger partial charge in [0.05, 0.1) is 19.9 Å². The lowest BCUT2D eigenvalue weighted by Gasteiger charge is -2.12. The largest absolute Gasteiger partial charge is 0.496 e. The van der Waals surface area contributed by atoms with Gasteiger partial charge in [-0.3, -0.25) is 5.32 Å². The third kappa shape index (κ3) is 2.62. The van der Waals surface area contributed by atoms with Crippen molar-refractivity contribution in [2.45, 2.75) is 12.5 Å². The number of rotatable bonds is 3. The Morgan fingerprint density at radius 2 is 2.47 bits per heavy atom. The molecular formula is C11H14ClNO2. The molecule has 1 unspecified atom stereocenters. The molecule has 1 atom stereocenters. The summed E-state index contributed by atoms with van der Waals surface area (Å²) in [6, 6.07) is 5.70. The van der Waals surface area contributed by atoms with Crippen molar-refractivity contribution < 1.29 is 9.47 Å². The van der Waals surface area contributed by atoms with Crippen LogP contribution in [0.2, 0.25) is 5.02 Å². The van der Waals surface area contributed by atoms with E-state index >= 15 is 0 Å². The van der Waals surface area contributed by atoms with Gasteiger partial charge < -0.3 is 9.47 Å². The molecule has 15 heavy (non-hydrogen) atoms. The fourth-order valence-electron chi connectivity index (χ4n) is 1.72.